The van der Waals surface area contributed by atoms with Crippen LogP contribution in [-0.4, -0.2) is 14.5 Å². The first kappa shape index (κ1) is 13.1. The van der Waals surface area contributed by atoms with Gasteiger partial charge in [0.05, 0.1) is 11.6 Å². The first-order valence-corrected chi connectivity index (χ1v) is 6.81. The van der Waals surface area contributed by atoms with Crippen molar-refractivity contribution < 1.29 is 4.39 Å². The Kier molecular flexibility index (Phi) is 3.18. The second kappa shape index (κ2) is 4.87. The molecule has 0 amide bonds. The summed E-state index contributed by atoms with van der Waals surface area (Å²) in [4.78, 5) is 8.84. The molecule has 0 saturated heterocycles. The number of hydrogen-bond acceptors (Lipinski definition) is 2. The van der Waals surface area contributed by atoms with Gasteiger partial charge in [0.2, 0.25) is 0 Å². The number of rotatable bonds is 2. The molecule has 0 saturated carbocycles. The van der Waals surface area contributed by atoms with Crippen molar-refractivity contribution in [3.63, 3.8) is 0 Å². The van der Waals surface area contributed by atoms with Crippen LogP contribution in [0.25, 0.3) is 16.9 Å². The highest BCUT2D eigenvalue weighted by Gasteiger charge is 2.18. The molecule has 0 N–H and O–H groups in total. The third kappa shape index (κ3) is 1.88. The van der Waals surface area contributed by atoms with Gasteiger partial charge in [-0.15, -0.1) is 11.6 Å². The first-order valence-electron chi connectivity index (χ1n) is 6.28. The van der Waals surface area contributed by atoms with Gasteiger partial charge in [0, 0.05) is 6.20 Å². The van der Waals surface area contributed by atoms with Crippen LogP contribution in [0.15, 0.2) is 30.5 Å². The molecule has 2 heterocycles. The van der Waals surface area contributed by atoms with E-state index in [0.29, 0.717) is 17.2 Å². The molecule has 3 aromatic rings. The minimum absolute atomic E-state index is 0.198. The smallest absolute Gasteiger partial charge is 0.165 e. The molecule has 20 heavy (non-hydrogen) atoms. The van der Waals surface area contributed by atoms with Crippen molar-refractivity contribution in [2.24, 2.45) is 0 Å². The standard InChI is InChI=1S/C15H13ClFN3/c1-9-6-7-18-15-13(9)19-12(8-16)20(15)14-10(2)4-3-5-11(14)17/h3-7H,8H2,1-2H3. The van der Waals surface area contributed by atoms with Gasteiger partial charge >= 0.3 is 0 Å². The van der Waals surface area contributed by atoms with E-state index in [1.807, 2.05) is 26.0 Å². The molecular formula is C15H13ClFN3. The number of imidazole rings is 1. The SMILES string of the molecule is Cc1cccc(F)c1-n1c(CCl)nc2c(C)ccnc21. The molecule has 0 fully saturated rings. The lowest BCUT2D eigenvalue weighted by Crippen LogP contribution is -2.05. The summed E-state index contributed by atoms with van der Waals surface area (Å²) in [6.45, 7) is 3.81. The second-order valence-electron chi connectivity index (χ2n) is 4.70. The summed E-state index contributed by atoms with van der Waals surface area (Å²) < 4.78 is 15.9. The van der Waals surface area contributed by atoms with Crippen LogP contribution in [-0.2, 0) is 5.88 Å². The molecule has 0 bridgehead atoms. The van der Waals surface area contributed by atoms with E-state index in [-0.39, 0.29) is 11.7 Å². The van der Waals surface area contributed by atoms with E-state index >= 15 is 0 Å². The van der Waals surface area contributed by atoms with Gasteiger partial charge in [-0.1, -0.05) is 12.1 Å². The van der Waals surface area contributed by atoms with Crippen LogP contribution in [0.1, 0.15) is 17.0 Å². The van der Waals surface area contributed by atoms with Crippen LogP contribution in [0.3, 0.4) is 0 Å². The Morgan fingerprint density at radius 3 is 2.70 bits per heavy atom. The lowest BCUT2D eigenvalue weighted by molar-refractivity contribution is 0.615. The van der Waals surface area contributed by atoms with Gasteiger partial charge in [-0.25, -0.2) is 14.4 Å². The molecule has 5 heteroatoms. The van der Waals surface area contributed by atoms with Crippen LogP contribution >= 0.6 is 11.6 Å². The Labute approximate surface area is 121 Å². The van der Waals surface area contributed by atoms with Gasteiger partial charge in [-0.2, -0.15) is 0 Å². The van der Waals surface area contributed by atoms with Crippen LogP contribution in [0.5, 0.6) is 0 Å². The van der Waals surface area contributed by atoms with Crippen molar-refractivity contribution in [3.05, 3.63) is 53.2 Å². The average molecular weight is 290 g/mol. The van der Waals surface area contributed by atoms with Gasteiger partial charge in [0.15, 0.2) is 5.65 Å². The molecule has 0 unspecified atom stereocenters. The van der Waals surface area contributed by atoms with Gasteiger partial charge in [0.1, 0.15) is 17.2 Å². The highest BCUT2D eigenvalue weighted by Crippen LogP contribution is 2.26. The van der Waals surface area contributed by atoms with E-state index in [1.165, 1.54) is 6.07 Å². The lowest BCUT2D eigenvalue weighted by atomic mass is 10.2. The van der Waals surface area contributed by atoms with Crippen molar-refractivity contribution in [1.29, 1.82) is 0 Å². The fourth-order valence-corrected chi connectivity index (χ4v) is 2.55. The van der Waals surface area contributed by atoms with E-state index in [4.69, 9.17) is 11.6 Å². The summed E-state index contributed by atoms with van der Waals surface area (Å²) in [5.41, 5.74) is 3.66. The molecule has 0 aliphatic carbocycles. The number of aryl methyl sites for hydroxylation is 2. The van der Waals surface area contributed by atoms with Crippen LogP contribution in [0.2, 0.25) is 0 Å². The zero-order valence-electron chi connectivity index (χ0n) is 11.2. The van der Waals surface area contributed by atoms with Crippen molar-refractivity contribution in [1.82, 2.24) is 14.5 Å². The zero-order valence-corrected chi connectivity index (χ0v) is 11.9. The Bertz CT molecular complexity index is 775. The number of halogens is 2. The molecule has 0 spiro atoms. The number of para-hydroxylation sites is 1. The highest BCUT2D eigenvalue weighted by atomic mass is 35.5. The van der Waals surface area contributed by atoms with Gasteiger partial charge in [0.25, 0.3) is 0 Å². The Morgan fingerprint density at radius 1 is 1.20 bits per heavy atom. The molecule has 102 valence electrons. The maximum absolute atomic E-state index is 14.2. The summed E-state index contributed by atoms with van der Waals surface area (Å²) in [5, 5.41) is 0. The van der Waals surface area contributed by atoms with Crippen molar-refractivity contribution in [2.75, 3.05) is 0 Å². The Morgan fingerprint density at radius 2 is 2.00 bits per heavy atom. The van der Waals surface area contributed by atoms with Crippen LogP contribution in [0.4, 0.5) is 4.39 Å². The summed E-state index contributed by atoms with van der Waals surface area (Å²) in [7, 11) is 0. The predicted molar refractivity (Wildman–Crippen MR) is 77.9 cm³/mol. The molecule has 1 aromatic carbocycles. The summed E-state index contributed by atoms with van der Waals surface area (Å²) >= 11 is 5.98. The number of hydrogen-bond donors (Lipinski definition) is 0. The third-order valence-electron chi connectivity index (χ3n) is 3.35. The second-order valence-corrected chi connectivity index (χ2v) is 4.97. The number of fused-ring (bicyclic) bond motifs is 1. The fourth-order valence-electron chi connectivity index (χ4n) is 2.37. The quantitative estimate of drug-likeness (QED) is 0.670. The van der Waals surface area contributed by atoms with E-state index in [0.717, 1.165) is 16.6 Å². The summed E-state index contributed by atoms with van der Waals surface area (Å²) in [5.74, 6) is 0.486. The number of aromatic nitrogens is 3. The van der Waals surface area contributed by atoms with Crippen molar-refractivity contribution in [2.45, 2.75) is 19.7 Å². The van der Waals surface area contributed by atoms with E-state index in [1.54, 1.807) is 16.8 Å². The molecule has 0 atom stereocenters. The maximum atomic E-state index is 14.2. The van der Waals surface area contributed by atoms with Crippen LogP contribution in [0, 0.1) is 19.7 Å². The van der Waals surface area contributed by atoms with Gasteiger partial charge in [-0.05, 0) is 37.1 Å². The van der Waals surface area contributed by atoms with Gasteiger partial charge in [-0.3, -0.25) is 4.57 Å². The number of alkyl halides is 1. The fraction of sp³-hybridized carbons (Fsp3) is 0.200. The molecular weight excluding hydrogens is 277 g/mol. The molecule has 0 radical (unpaired) electrons. The predicted octanol–water partition coefficient (Wildman–Crippen LogP) is 3.92. The summed E-state index contributed by atoms with van der Waals surface area (Å²) in [6, 6.07) is 6.86. The third-order valence-corrected chi connectivity index (χ3v) is 3.59. The van der Waals surface area contributed by atoms with E-state index in [9.17, 15) is 4.39 Å². The van der Waals surface area contributed by atoms with Crippen molar-refractivity contribution in [3.8, 4) is 5.69 Å². The molecule has 0 aliphatic rings. The summed E-state index contributed by atoms with van der Waals surface area (Å²) in [6.07, 6.45) is 1.70. The van der Waals surface area contributed by atoms with Crippen LogP contribution < -0.4 is 0 Å². The molecule has 3 rings (SSSR count). The Balaban J connectivity index is 2.44. The molecule has 0 aliphatic heterocycles. The number of nitrogens with zero attached hydrogens (tertiary/aromatic N) is 3. The van der Waals surface area contributed by atoms with Crippen molar-refractivity contribution >= 4 is 22.8 Å². The number of benzene rings is 1. The highest BCUT2D eigenvalue weighted by molar-refractivity contribution is 6.17. The van der Waals surface area contributed by atoms with E-state index in [2.05, 4.69) is 9.97 Å². The number of pyridine rings is 1. The lowest BCUT2D eigenvalue weighted by Gasteiger charge is -2.11. The largest absolute Gasteiger partial charge is 0.276 e. The normalized spacial score (nSPS) is 11.2. The first-order chi connectivity index (χ1) is 9.63. The minimum atomic E-state index is -0.307. The average Bonchev–Trinajstić information content (AvgIpc) is 2.79. The Hall–Kier alpha value is -1.94. The molecule has 2 aromatic heterocycles. The van der Waals surface area contributed by atoms with Gasteiger partial charge < -0.3 is 0 Å². The molecule has 3 nitrogen and oxygen atoms in total. The minimum Gasteiger partial charge on any atom is -0.276 e. The monoisotopic (exact) mass is 289 g/mol. The maximum Gasteiger partial charge on any atom is 0.165 e. The zero-order chi connectivity index (χ0) is 14.3. The van der Waals surface area contributed by atoms with E-state index < -0.39 is 0 Å². The topological polar surface area (TPSA) is 30.7 Å².